The maximum absolute atomic E-state index is 5.58. The molecule has 0 heterocycles. The van der Waals surface area contributed by atoms with E-state index in [4.69, 9.17) is 9.47 Å². The summed E-state index contributed by atoms with van der Waals surface area (Å²) in [5.41, 5.74) is 2.58. The zero-order valence-corrected chi connectivity index (χ0v) is 11.5. The van der Waals surface area contributed by atoms with Crippen LogP contribution in [-0.4, -0.2) is 20.3 Å². The largest absolute Gasteiger partial charge is 0.497 e. The molecule has 0 N–H and O–H groups in total. The summed E-state index contributed by atoms with van der Waals surface area (Å²) < 4.78 is 10.7. The molecule has 0 saturated carbocycles. The summed E-state index contributed by atoms with van der Waals surface area (Å²) in [6.07, 6.45) is 2.05. The molecule has 0 fully saturated rings. The Morgan fingerprint density at radius 2 is 1.37 bits per heavy atom. The van der Waals surface area contributed by atoms with Crippen molar-refractivity contribution in [1.29, 1.82) is 0 Å². The minimum Gasteiger partial charge on any atom is -0.497 e. The lowest BCUT2D eigenvalue weighted by Gasteiger charge is -2.15. The standard InChI is InChI=1S/C17H20O2/c1-18-16-10-8-15(9-11-16)13-17(19-2)12-14-6-4-3-5-7-14/h3-11,17H,12-13H2,1-2H3. The third-order valence-corrected chi connectivity index (χ3v) is 3.26. The Morgan fingerprint density at radius 1 is 0.789 bits per heavy atom. The lowest BCUT2D eigenvalue weighted by molar-refractivity contribution is 0.103. The van der Waals surface area contributed by atoms with Gasteiger partial charge in [-0.25, -0.2) is 0 Å². The van der Waals surface area contributed by atoms with E-state index in [1.54, 1.807) is 14.2 Å². The summed E-state index contributed by atoms with van der Waals surface area (Å²) in [4.78, 5) is 0. The molecule has 0 aromatic heterocycles. The van der Waals surface area contributed by atoms with Gasteiger partial charge in [0, 0.05) is 7.11 Å². The quantitative estimate of drug-likeness (QED) is 0.787. The Balaban J connectivity index is 1.98. The van der Waals surface area contributed by atoms with Crippen LogP contribution in [0.3, 0.4) is 0 Å². The van der Waals surface area contributed by atoms with Crippen molar-refractivity contribution in [2.75, 3.05) is 14.2 Å². The second kappa shape index (κ2) is 6.95. The van der Waals surface area contributed by atoms with Gasteiger partial charge in [-0.05, 0) is 36.1 Å². The van der Waals surface area contributed by atoms with Gasteiger partial charge in [-0.2, -0.15) is 0 Å². The number of ether oxygens (including phenoxy) is 2. The van der Waals surface area contributed by atoms with Gasteiger partial charge < -0.3 is 9.47 Å². The Labute approximate surface area is 115 Å². The fourth-order valence-corrected chi connectivity index (χ4v) is 2.14. The van der Waals surface area contributed by atoms with E-state index in [0.717, 1.165) is 18.6 Å². The molecule has 2 heteroatoms. The second-order valence-electron chi connectivity index (χ2n) is 4.60. The van der Waals surface area contributed by atoms with E-state index in [9.17, 15) is 0 Å². The topological polar surface area (TPSA) is 18.5 Å². The average molecular weight is 256 g/mol. The van der Waals surface area contributed by atoms with Crippen LogP contribution >= 0.6 is 0 Å². The molecule has 0 amide bonds. The van der Waals surface area contributed by atoms with Crippen LogP contribution in [0.2, 0.25) is 0 Å². The average Bonchev–Trinajstić information content (AvgIpc) is 2.48. The van der Waals surface area contributed by atoms with Crippen molar-refractivity contribution < 1.29 is 9.47 Å². The first kappa shape index (κ1) is 13.6. The summed E-state index contributed by atoms with van der Waals surface area (Å²) in [5.74, 6) is 0.890. The molecule has 2 nitrogen and oxygen atoms in total. The molecule has 0 saturated heterocycles. The highest BCUT2D eigenvalue weighted by Crippen LogP contribution is 2.15. The van der Waals surface area contributed by atoms with Gasteiger partial charge in [-0.15, -0.1) is 0 Å². The normalized spacial score (nSPS) is 12.1. The Kier molecular flexibility index (Phi) is 4.99. The summed E-state index contributed by atoms with van der Waals surface area (Å²) in [7, 11) is 3.46. The van der Waals surface area contributed by atoms with Crippen molar-refractivity contribution in [2.24, 2.45) is 0 Å². The van der Waals surface area contributed by atoms with Crippen LogP contribution in [0.25, 0.3) is 0 Å². The van der Waals surface area contributed by atoms with Gasteiger partial charge in [-0.1, -0.05) is 42.5 Å². The Hall–Kier alpha value is -1.80. The van der Waals surface area contributed by atoms with Crippen LogP contribution in [-0.2, 0) is 17.6 Å². The highest BCUT2D eigenvalue weighted by Gasteiger charge is 2.09. The molecule has 1 unspecified atom stereocenters. The van der Waals surface area contributed by atoms with E-state index in [1.165, 1.54) is 11.1 Å². The first-order chi connectivity index (χ1) is 9.31. The summed E-state index contributed by atoms with van der Waals surface area (Å²) in [5, 5.41) is 0. The molecule has 0 aliphatic carbocycles. The van der Waals surface area contributed by atoms with Gasteiger partial charge in [0.25, 0.3) is 0 Å². The van der Waals surface area contributed by atoms with Crippen molar-refractivity contribution in [1.82, 2.24) is 0 Å². The third kappa shape index (κ3) is 4.11. The predicted octanol–water partition coefficient (Wildman–Crippen LogP) is 3.50. The smallest absolute Gasteiger partial charge is 0.118 e. The molecule has 2 aromatic carbocycles. The van der Waals surface area contributed by atoms with Gasteiger partial charge in [0.15, 0.2) is 0 Å². The van der Waals surface area contributed by atoms with E-state index in [2.05, 4.69) is 36.4 Å². The van der Waals surface area contributed by atoms with E-state index >= 15 is 0 Å². The molecule has 0 radical (unpaired) electrons. The van der Waals surface area contributed by atoms with Gasteiger partial charge in [0.2, 0.25) is 0 Å². The van der Waals surface area contributed by atoms with Crippen molar-refractivity contribution in [3.05, 3.63) is 65.7 Å². The minimum atomic E-state index is 0.204. The molecule has 0 bridgehead atoms. The number of hydrogen-bond donors (Lipinski definition) is 0. The van der Waals surface area contributed by atoms with E-state index in [-0.39, 0.29) is 6.10 Å². The number of rotatable bonds is 6. The number of methoxy groups -OCH3 is 2. The maximum atomic E-state index is 5.58. The minimum absolute atomic E-state index is 0.204. The van der Waals surface area contributed by atoms with Gasteiger partial charge in [-0.3, -0.25) is 0 Å². The SMILES string of the molecule is COc1ccc(CC(Cc2ccccc2)OC)cc1. The monoisotopic (exact) mass is 256 g/mol. The summed E-state index contributed by atoms with van der Waals surface area (Å²) in [6.45, 7) is 0. The molecule has 0 aliphatic rings. The number of benzene rings is 2. The van der Waals surface area contributed by atoms with Gasteiger partial charge in [0.1, 0.15) is 5.75 Å². The Morgan fingerprint density at radius 3 is 1.89 bits per heavy atom. The van der Waals surface area contributed by atoms with Gasteiger partial charge in [0.05, 0.1) is 13.2 Å². The van der Waals surface area contributed by atoms with Crippen LogP contribution in [0.5, 0.6) is 5.75 Å². The molecular formula is C17H20O2. The lowest BCUT2D eigenvalue weighted by atomic mass is 10.0. The van der Waals surface area contributed by atoms with Crippen LogP contribution in [0, 0.1) is 0 Å². The van der Waals surface area contributed by atoms with E-state index in [1.807, 2.05) is 18.2 Å². The van der Waals surface area contributed by atoms with Crippen LogP contribution in [0.1, 0.15) is 11.1 Å². The fourth-order valence-electron chi connectivity index (χ4n) is 2.14. The summed E-state index contributed by atoms with van der Waals surface area (Å²) >= 11 is 0. The van der Waals surface area contributed by atoms with Crippen LogP contribution < -0.4 is 4.74 Å². The first-order valence-electron chi connectivity index (χ1n) is 6.51. The molecule has 0 spiro atoms. The molecule has 2 rings (SSSR count). The predicted molar refractivity (Wildman–Crippen MR) is 77.6 cm³/mol. The van der Waals surface area contributed by atoms with Crippen LogP contribution in [0.4, 0.5) is 0 Å². The summed E-state index contributed by atoms with van der Waals surface area (Å²) in [6, 6.07) is 18.6. The number of hydrogen-bond acceptors (Lipinski definition) is 2. The zero-order chi connectivity index (χ0) is 13.5. The van der Waals surface area contributed by atoms with Crippen molar-refractivity contribution in [3.63, 3.8) is 0 Å². The van der Waals surface area contributed by atoms with Crippen molar-refractivity contribution in [3.8, 4) is 5.75 Å². The highest BCUT2D eigenvalue weighted by atomic mass is 16.5. The van der Waals surface area contributed by atoms with Crippen molar-refractivity contribution >= 4 is 0 Å². The van der Waals surface area contributed by atoms with Gasteiger partial charge >= 0.3 is 0 Å². The highest BCUT2D eigenvalue weighted by molar-refractivity contribution is 5.28. The molecule has 2 aromatic rings. The van der Waals surface area contributed by atoms with Crippen LogP contribution in [0.15, 0.2) is 54.6 Å². The lowest BCUT2D eigenvalue weighted by Crippen LogP contribution is -2.17. The Bertz CT molecular complexity index is 476. The molecule has 100 valence electrons. The fraction of sp³-hybridized carbons (Fsp3) is 0.294. The van der Waals surface area contributed by atoms with E-state index < -0.39 is 0 Å². The molecule has 19 heavy (non-hydrogen) atoms. The molecule has 1 atom stereocenters. The van der Waals surface area contributed by atoms with E-state index in [0.29, 0.717) is 0 Å². The second-order valence-corrected chi connectivity index (χ2v) is 4.60. The van der Waals surface area contributed by atoms with Crippen molar-refractivity contribution in [2.45, 2.75) is 18.9 Å². The molecule has 0 aliphatic heterocycles. The molecular weight excluding hydrogens is 236 g/mol. The first-order valence-corrected chi connectivity index (χ1v) is 6.51. The maximum Gasteiger partial charge on any atom is 0.118 e. The third-order valence-electron chi connectivity index (χ3n) is 3.26. The zero-order valence-electron chi connectivity index (χ0n) is 11.5.